The number of ether oxygens (including phenoxy) is 1. The van der Waals surface area contributed by atoms with Gasteiger partial charge in [-0.3, -0.25) is 14.5 Å². The predicted octanol–water partition coefficient (Wildman–Crippen LogP) is 2.55. The molecule has 33 heavy (non-hydrogen) atoms. The summed E-state index contributed by atoms with van der Waals surface area (Å²) < 4.78 is 77.0. The molecular weight excluding hydrogens is 459 g/mol. The molecule has 1 aliphatic rings. The second-order valence-corrected chi connectivity index (χ2v) is 7.66. The number of hydrogen-bond acceptors (Lipinski definition) is 5. The summed E-state index contributed by atoms with van der Waals surface area (Å²) in [4.78, 5) is 47.6. The molecule has 0 saturated carbocycles. The quantitative estimate of drug-likeness (QED) is 0.580. The van der Waals surface area contributed by atoms with Crippen molar-refractivity contribution in [3.05, 3.63) is 35.9 Å². The van der Waals surface area contributed by atoms with Crippen molar-refractivity contribution < 1.29 is 51.0 Å². The number of carbonyl (C=O) groups is 4. The zero-order valence-corrected chi connectivity index (χ0v) is 17.5. The number of alkyl halides is 5. The molecule has 1 heterocycles. The van der Waals surface area contributed by atoms with Gasteiger partial charge in [-0.15, -0.1) is 0 Å². The highest BCUT2D eigenvalue weighted by Crippen LogP contribution is 2.52. The molecule has 2 amide bonds. The Labute approximate surface area is 184 Å². The molecule has 3 atom stereocenters. The maximum absolute atomic E-state index is 14.9. The first kappa shape index (κ1) is 26.0. The van der Waals surface area contributed by atoms with Crippen molar-refractivity contribution in [1.29, 1.82) is 0 Å². The smallest absolute Gasteiger partial charge is 0.411 e. The highest BCUT2D eigenvalue weighted by molar-refractivity contribution is 5.95. The number of halogens is 5. The molecule has 0 aromatic heterocycles. The van der Waals surface area contributed by atoms with E-state index >= 15 is 0 Å². The van der Waals surface area contributed by atoms with Crippen LogP contribution in [0.3, 0.4) is 0 Å². The number of rotatable bonds is 7. The highest BCUT2D eigenvalue weighted by Gasteiger charge is 2.79. The fraction of sp³-hybridized carbons (Fsp3) is 0.500. The Bertz CT molecular complexity index is 929. The molecule has 2 N–H and O–H groups in total. The summed E-state index contributed by atoms with van der Waals surface area (Å²) in [5.74, 6) is -15.4. The average Bonchev–Trinajstić information content (AvgIpc) is 2.73. The van der Waals surface area contributed by atoms with Crippen LogP contribution in [0.25, 0.3) is 0 Å². The maximum Gasteiger partial charge on any atom is 0.411 e. The number of carbonyl (C=O) groups excluding carboxylic acids is 3. The number of nitrogens with one attached hydrogen (secondary N) is 1. The normalized spacial score (nSPS) is 24.5. The molecular formula is C20H21F5N2O6. The molecule has 182 valence electrons. The SMILES string of the molecule is CC(=O)CC(NC(=O)C1(C)N(C(=O)OCc2ccccc2)CC(F)C(F)(F)C1(F)F)C(=O)O. The van der Waals surface area contributed by atoms with Gasteiger partial charge in [-0.1, -0.05) is 30.3 Å². The summed E-state index contributed by atoms with van der Waals surface area (Å²) in [7, 11) is 0. The van der Waals surface area contributed by atoms with Crippen molar-refractivity contribution in [2.45, 2.75) is 56.5 Å². The second kappa shape index (κ2) is 9.32. The van der Waals surface area contributed by atoms with Crippen molar-refractivity contribution >= 4 is 23.8 Å². The lowest BCUT2D eigenvalue weighted by molar-refractivity contribution is -0.305. The highest BCUT2D eigenvalue weighted by atomic mass is 19.3. The summed E-state index contributed by atoms with van der Waals surface area (Å²) in [6.07, 6.45) is -6.10. The van der Waals surface area contributed by atoms with Crippen LogP contribution in [0, 0.1) is 0 Å². The zero-order valence-electron chi connectivity index (χ0n) is 17.5. The Morgan fingerprint density at radius 1 is 1.18 bits per heavy atom. The van der Waals surface area contributed by atoms with E-state index in [0.717, 1.165) is 6.92 Å². The molecule has 2 rings (SSSR count). The van der Waals surface area contributed by atoms with E-state index in [2.05, 4.69) is 0 Å². The van der Waals surface area contributed by atoms with Crippen LogP contribution in [-0.4, -0.2) is 69.9 Å². The Hall–Kier alpha value is -3.25. The van der Waals surface area contributed by atoms with E-state index < -0.39 is 72.9 Å². The second-order valence-electron chi connectivity index (χ2n) is 7.66. The van der Waals surface area contributed by atoms with Crippen LogP contribution in [0.1, 0.15) is 25.8 Å². The van der Waals surface area contributed by atoms with Gasteiger partial charge in [0.05, 0.1) is 6.54 Å². The zero-order chi connectivity index (χ0) is 25.2. The molecule has 0 bridgehead atoms. The molecule has 1 aromatic carbocycles. The number of carboxylic acid groups (broad SMARTS) is 1. The number of piperidine rings is 1. The third-order valence-electron chi connectivity index (χ3n) is 5.27. The van der Waals surface area contributed by atoms with E-state index in [0.29, 0.717) is 5.56 Å². The van der Waals surface area contributed by atoms with Crippen molar-refractivity contribution in [2.24, 2.45) is 0 Å². The Kier molecular flexibility index (Phi) is 7.34. The summed E-state index contributed by atoms with van der Waals surface area (Å²) in [6, 6.07) is 5.70. The molecule has 3 unspecified atom stereocenters. The summed E-state index contributed by atoms with van der Waals surface area (Å²) in [5, 5.41) is 10.7. The first-order valence-corrected chi connectivity index (χ1v) is 9.57. The molecule has 0 aliphatic carbocycles. The third kappa shape index (κ3) is 4.76. The minimum atomic E-state index is -5.48. The lowest BCUT2D eigenvalue weighted by Gasteiger charge is -2.51. The average molecular weight is 480 g/mol. The van der Waals surface area contributed by atoms with E-state index in [1.165, 1.54) is 12.1 Å². The van der Waals surface area contributed by atoms with E-state index in [1.807, 2.05) is 0 Å². The van der Waals surface area contributed by atoms with Crippen molar-refractivity contribution in [3.8, 4) is 0 Å². The molecule has 1 aromatic rings. The number of likely N-dealkylation sites (tertiary alicyclic amines) is 1. The monoisotopic (exact) mass is 480 g/mol. The van der Waals surface area contributed by atoms with Crippen LogP contribution in [0.5, 0.6) is 0 Å². The van der Waals surface area contributed by atoms with E-state index in [9.17, 15) is 41.1 Å². The van der Waals surface area contributed by atoms with Crippen LogP contribution in [-0.2, 0) is 25.7 Å². The molecule has 8 nitrogen and oxygen atoms in total. The molecule has 1 fully saturated rings. The minimum absolute atomic E-state index is 0.194. The van der Waals surface area contributed by atoms with Crippen LogP contribution in [0.2, 0.25) is 0 Å². The van der Waals surface area contributed by atoms with E-state index in [4.69, 9.17) is 9.84 Å². The third-order valence-corrected chi connectivity index (χ3v) is 5.27. The Morgan fingerprint density at radius 2 is 1.76 bits per heavy atom. The van der Waals surface area contributed by atoms with Crippen LogP contribution in [0.15, 0.2) is 30.3 Å². The van der Waals surface area contributed by atoms with Gasteiger partial charge in [0, 0.05) is 6.42 Å². The predicted molar refractivity (Wildman–Crippen MR) is 101 cm³/mol. The lowest BCUT2D eigenvalue weighted by atomic mass is 9.80. The van der Waals surface area contributed by atoms with E-state index in [-0.39, 0.29) is 11.8 Å². The number of nitrogens with zero attached hydrogens (tertiary/aromatic N) is 1. The van der Waals surface area contributed by atoms with E-state index in [1.54, 1.807) is 23.5 Å². The topological polar surface area (TPSA) is 113 Å². The van der Waals surface area contributed by atoms with Gasteiger partial charge in [0.25, 0.3) is 5.91 Å². The Balaban J connectivity index is 2.43. The summed E-state index contributed by atoms with van der Waals surface area (Å²) >= 11 is 0. The number of aliphatic carboxylic acids is 1. The number of ketones is 1. The molecule has 0 radical (unpaired) electrons. The van der Waals surface area contributed by atoms with Crippen LogP contribution in [0.4, 0.5) is 26.7 Å². The van der Waals surface area contributed by atoms with Crippen molar-refractivity contribution in [3.63, 3.8) is 0 Å². The first-order chi connectivity index (χ1) is 15.2. The van der Waals surface area contributed by atoms with Crippen LogP contribution >= 0.6 is 0 Å². The Morgan fingerprint density at radius 3 is 2.27 bits per heavy atom. The number of carboxylic acids is 1. The molecule has 1 saturated heterocycles. The molecule has 13 heteroatoms. The fourth-order valence-corrected chi connectivity index (χ4v) is 3.25. The van der Waals surface area contributed by atoms with Crippen molar-refractivity contribution in [2.75, 3.05) is 6.54 Å². The van der Waals surface area contributed by atoms with Gasteiger partial charge in [-0.25, -0.2) is 14.0 Å². The molecule has 0 spiro atoms. The summed E-state index contributed by atoms with van der Waals surface area (Å²) in [5.41, 5.74) is -3.37. The minimum Gasteiger partial charge on any atom is -0.480 e. The lowest BCUT2D eigenvalue weighted by Crippen LogP contribution is -2.79. The van der Waals surface area contributed by atoms with Gasteiger partial charge in [0.2, 0.25) is 0 Å². The number of hydrogen-bond donors (Lipinski definition) is 2. The van der Waals surface area contributed by atoms with Gasteiger partial charge in [0.1, 0.15) is 18.4 Å². The standard InChI is InChI=1S/C20H21F5N2O6/c1-11(28)8-13(15(29)30)26-16(31)18(2)20(24,25)19(22,23)14(21)9-27(18)17(32)33-10-12-6-4-3-5-7-12/h3-7,13-14H,8-10H2,1-2H3,(H,26,31)(H,29,30). The summed E-state index contributed by atoms with van der Waals surface area (Å²) in [6.45, 7) is -0.938. The van der Waals surface area contributed by atoms with Gasteiger partial charge in [0.15, 0.2) is 11.7 Å². The maximum atomic E-state index is 14.9. The van der Waals surface area contributed by atoms with Crippen molar-refractivity contribution in [1.82, 2.24) is 10.2 Å². The van der Waals surface area contributed by atoms with Gasteiger partial charge >= 0.3 is 23.9 Å². The van der Waals surface area contributed by atoms with Gasteiger partial charge in [-0.05, 0) is 19.4 Å². The van der Waals surface area contributed by atoms with Gasteiger partial charge < -0.3 is 15.2 Å². The largest absolute Gasteiger partial charge is 0.480 e. The number of amides is 2. The fourth-order valence-electron chi connectivity index (χ4n) is 3.25. The molecule has 1 aliphatic heterocycles. The van der Waals surface area contributed by atoms with Crippen LogP contribution < -0.4 is 5.32 Å². The number of Topliss-reactive ketones (excluding diaryl/α,β-unsaturated/α-hetero) is 1. The first-order valence-electron chi connectivity index (χ1n) is 9.57. The van der Waals surface area contributed by atoms with Gasteiger partial charge in [-0.2, -0.15) is 17.6 Å². The number of benzene rings is 1.